The molecule has 1 rings (SSSR count). The van der Waals surface area contributed by atoms with Crippen LogP contribution in [0.1, 0.15) is 13.3 Å². The molecule has 0 aliphatic rings. The van der Waals surface area contributed by atoms with Gasteiger partial charge in [0.2, 0.25) is 5.13 Å². The van der Waals surface area contributed by atoms with Gasteiger partial charge in [-0.3, -0.25) is 0 Å². The lowest BCUT2D eigenvalue weighted by molar-refractivity contribution is -0.137. The maximum absolute atomic E-state index is 10.6. The molecule has 66 valence electrons. The summed E-state index contributed by atoms with van der Waals surface area (Å²) in [6.07, 6.45) is 1.91. The zero-order valence-corrected chi connectivity index (χ0v) is 7.34. The lowest BCUT2D eigenvalue weighted by Crippen LogP contribution is -2.28. The van der Waals surface area contributed by atoms with E-state index in [1.807, 2.05) is 0 Å². The minimum Gasteiger partial charge on any atom is -0.480 e. The largest absolute Gasteiger partial charge is 0.480 e. The van der Waals surface area contributed by atoms with Gasteiger partial charge in [-0.05, 0) is 6.42 Å². The number of aromatic nitrogens is 2. The van der Waals surface area contributed by atoms with E-state index < -0.39 is 12.0 Å². The van der Waals surface area contributed by atoms with Gasteiger partial charge in [-0.1, -0.05) is 6.92 Å². The van der Waals surface area contributed by atoms with Crippen molar-refractivity contribution in [2.45, 2.75) is 19.4 Å². The third-order valence-electron chi connectivity index (χ3n) is 1.37. The van der Waals surface area contributed by atoms with E-state index in [9.17, 15) is 4.79 Å². The van der Waals surface area contributed by atoms with Crippen molar-refractivity contribution in [2.75, 3.05) is 5.32 Å². The molecule has 0 saturated carbocycles. The molecule has 0 amide bonds. The molecule has 0 spiro atoms. The molecule has 0 saturated heterocycles. The van der Waals surface area contributed by atoms with Gasteiger partial charge < -0.3 is 10.4 Å². The Morgan fingerprint density at radius 2 is 2.67 bits per heavy atom. The minimum absolute atomic E-state index is 0.523. The predicted molar refractivity (Wildman–Crippen MR) is 45.2 cm³/mol. The van der Waals surface area contributed by atoms with E-state index in [4.69, 9.17) is 5.11 Å². The van der Waals surface area contributed by atoms with E-state index in [0.717, 1.165) is 11.5 Å². The number of hydrogen-bond donors (Lipinski definition) is 2. The molecule has 0 aromatic carbocycles. The van der Waals surface area contributed by atoms with Crippen LogP contribution in [0.3, 0.4) is 0 Å². The molecule has 0 fully saturated rings. The fourth-order valence-corrected chi connectivity index (χ4v) is 1.21. The lowest BCUT2D eigenvalue weighted by atomic mass is 10.2. The molecule has 1 aromatic rings. The molecule has 1 atom stereocenters. The van der Waals surface area contributed by atoms with Gasteiger partial charge in [-0.15, -0.1) is 0 Å². The zero-order valence-electron chi connectivity index (χ0n) is 6.52. The molecule has 2 N–H and O–H groups in total. The maximum Gasteiger partial charge on any atom is 0.326 e. The van der Waals surface area contributed by atoms with Gasteiger partial charge in [0.05, 0.1) is 0 Å². The van der Waals surface area contributed by atoms with E-state index in [0.29, 0.717) is 11.6 Å². The summed E-state index contributed by atoms with van der Waals surface area (Å²) in [5.74, 6) is -0.868. The smallest absolute Gasteiger partial charge is 0.326 e. The minimum atomic E-state index is -0.868. The number of nitrogens with zero attached hydrogens (tertiary/aromatic N) is 2. The quantitative estimate of drug-likeness (QED) is 0.729. The average molecular weight is 187 g/mol. The second-order valence-electron chi connectivity index (χ2n) is 2.19. The van der Waals surface area contributed by atoms with Crippen molar-refractivity contribution in [1.82, 2.24) is 9.36 Å². The second kappa shape index (κ2) is 4.01. The van der Waals surface area contributed by atoms with Crippen molar-refractivity contribution in [3.05, 3.63) is 6.33 Å². The van der Waals surface area contributed by atoms with Crippen LogP contribution in [-0.4, -0.2) is 26.5 Å². The number of carboxylic acid groups (broad SMARTS) is 1. The summed E-state index contributed by atoms with van der Waals surface area (Å²) in [5.41, 5.74) is 0. The first-order valence-electron chi connectivity index (χ1n) is 3.50. The van der Waals surface area contributed by atoms with Crippen LogP contribution in [0, 0.1) is 0 Å². The first-order chi connectivity index (χ1) is 5.74. The molecule has 0 aliphatic carbocycles. The van der Waals surface area contributed by atoms with Crippen molar-refractivity contribution in [3.8, 4) is 0 Å². The molecular weight excluding hydrogens is 178 g/mol. The highest BCUT2D eigenvalue weighted by molar-refractivity contribution is 7.09. The van der Waals surface area contributed by atoms with Gasteiger partial charge in [0.15, 0.2) is 0 Å². The normalized spacial score (nSPS) is 12.4. The van der Waals surface area contributed by atoms with Gasteiger partial charge in [-0.2, -0.15) is 4.37 Å². The molecule has 1 heterocycles. The van der Waals surface area contributed by atoms with Crippen LogP contribution >= 0.6 is 11.5 Å². The fourth-order valence-electron chi connectivity index (χ4n) is 0.724. The van der Waals surface area contributed by atoms with Crippen LogP contribution in [0.5, 0.6) is 0 Å². The molecule has 1 unspecified atom stereocenters. The summed E-state index contributed by atoms with van der Waals surface area (Å²) in [7, 11) is 0. The SMILES string of the molecule is CCC(Nc1ncns1)C(=O)O. The topological polar surface area (TPSA) is 75.1 Å². The molecule has 0 aliphatic heterocycles. The summed E-state index contributed by atoms with van der Waals surface area (Å²) in [6.45, 7) is 1.80. The Balaban J connectivity index is 2.54. The number of carbonyl (C=O) groups is 1. The predicted octanol–water partition coefficient (Wildman–Crippen LogP) is 0.813. The molecular formula is C6H9N3O2S. The van der Waals surface area contributed by atoms with Crippen molar-refractivity contribution in [2.24, 2.45) is 0 Å². The second-order valence-corrected chi connectivity index (χ2v) is 2.97. The van der Waals surface area contributed by atoms with Crippen LogP contribution in [0.15, 0.2) is 6.33 Å². The Morgan fingerprint density at radius 3 is 3.08 bits per heavy atom. The highest BCUT2D eigenvalue weighted by Crippen LogP contribution is 2.09. The van der Waals surface area contributed by atoms with Crippen molar-refractivity contribution in [1.29, 1.82) is 0 Å². The molecule has 0 radical (unpaired) electrons. The van der Waals surface area contributed by atoms with Gasteiger partial charge in [0, 0.05) is 11.5 Å². The zero-order chi connectivity index (χ0) is 8.97. The van der Waals surface area contributed by atoms with Gasteiger partial charge >= 0.3 is 5.97 Å². The lowest BCUT2D eigenvalue weighted by Gasteiger charge is -2.09. The average Bonchev–Trinajstić information content (AvgIpc) is 2.51. The van der Waals surface area contributed by atoms with Crippen LogP contribution in [0.2, 0.25) is 0 Å². The van der Waals surface area contributed by atoms with Crippen molar-refractivity contribution in [3.63, 3.8) is 0 Å². The Bertz CT molecular complexity index is 249. The first-order valence-corrected chi connectivity index (χ1v) is 4.27. The highest BCUT2D eigenvalue weighted by atomic mass is 32.1. The Hall–Kier alpha value is -1.17. The van der Waals surface area contributed by atoms with Crippen LogP contribution in [0.25, 0.3) is 0 Å². The fraction of sp³-hybridized carbons (Fsp3) is 0.500. The molecule has 1 aromatic heterocycles. The van der Waals surface area contributed by atoms with E-state index in [2.05, 4.69) is 14.7 Å². The number of aliphatic carboxylic acids is 1. The number of hydrogen-bond acceptors (Lipinski definition) is 5. The summed E-state index contributed by atoms with van der Waals surface area (Å²) in [6, 6.07) is -0.571. The first kappa shape index (κ1) is 8.92. The van der Waals surface area contributed by atoms with Crippen LogP contribution in [-0.2, 0) is 4.79 Å². The summed E-state index contributed by atoms with van der Waals surface area (Å²) < 4.78 is 3.74. The van der Waals surface area contributed by atoms with Crippen LogP contribution < -0.4 is 5.32 Å². The number of carboxylic acids is 1. The number of nitrogens with one attached hydrogen (secondary N) is 1. The van der Waals surface area contributed by atoms with Gasteiger partial charge in [0.1, 0.15) is 12.4 Å². The van der Waals surface area contributed by atoms with E-state index in [-0.39, 0.29) is 0 Å². The van der Waals surface area contributed by atoms with Gasteiger partial charge in [-0.25, -0.2) is 9.78 Å². The summed E-state index contributed by atoms with van der Waals surface area (Å²) in [5, 5.41) is 12.0. The number of anilines is 1. The van der Waals surface area contributed by atoms with Crippen molar-refractivity contribution < 1.29 is 9.90 Å². The Labute approximate surface area is 73.6 Å². The van der Waals surface area contributed by atoms with Gasteiger partial charge in [0.25, 0.3) is 0 Å². The molecule has 5 nitrogen and oxygen atoms in total. The Morgan fingerprint density at radius 1 is 1.92 bits per heavy atom. The third-order valence-corrected chi connectivity index (χ3v) is 1.96. The Kier molecular flexibility index (Phi) is 2.98. The highest BCUT2D eigenvalue weighted by Gasteiger charge is 2.15. The van der Waals surface area contributed by atoms with E-state index in [1.54, 1.807) is 6.92 Å². The molecule has 6 heteroatoms. The third kappa shape index (κ3) is 2.16. The van der Waals surface area contributed by atoms with Crippen LogP contribution in [0.4, 0.5) is 5.13 Å². The monoisotopic (exact) mass is 187 g/mol. The van der Waals surface area contributed by atoms with E-state index >= 15 is 0 Å². The molecule has 12 heavy (non-hydrogen) atoms. The maximum atomic E-state index is 10.6. The summed E-state index contributed by atoms with van der Waals surface area (Å²) >= 11 is 1.15. The molecule has 0 bridgehead atoms. The van der Waals surface area contributed by atoms with Crippen molar-refractivity contribution >= 4 is 22.6 Å². The number of rotatable bonds is 4. The van der Waals surface area contributed by atoms with E-state index in [1.165, 1.54) is 6.33 Å². The summed E-state index contributed by atoms with van der Waals surface area (Å²) in [4.78, 5) is 14.4. The standard InChI is InChI=1S/C6H9N3O2S/c1-2-4(5(10)11)9-6-7-3-8-12-6/h3-4H,2H2,1H3,(H,10,11)(H,7,8,9).